The number of hydrogen-bond donors (Lipinski definition) is 1. The average molecular weight is 441 g/mol. The molecule has 1 saturated heterocycles. The third kappa shape index (κ3) is 4.01. The molecule has 31 heavy (non-hydrogen) atoms. The Morgan fingerprint density at radius 3 is 2.52 bits per heavy atom. The number of amides is 2. The molecule has 0 spiro atoms. The van der Waals surface area contributed by atoms with Crippen LogP contribution in [0, 0.1) is 0 Å². The number of hydrogen-bond acceptors (Lipinski definition) is 8. The van der Waals surface area contributed by atoms with Gasteiger partial charge in [-0.1, -0.05) is 11.3 Å². The first-order chi connectivity index (χ1) is 14.7. The number of aromatic nitrogens is 3. The van der Waals surface area contributed by atoms with Gasteiger partial charge in [0.05, 0.1) is 23.6 Å². The monoisotopic (exact) mass is 440 g/mol. The maximum absolute atomic E-state index is 12.8. The molecule has 1 aromatic carbocycles. The Balaban J connectivity index is 1.75. The largest absolute Gasteiger partial charge is 0.382 e. The van der Waals surface area contributed by atoms with Crippen molar-refractivity contribution in [3.05, 3.63) is 35.9 Å². The van der Waals surface area contributed by atoms with Crippen molar-refractivity contribution in [2.24, 2.45) is 0 Å². The summed E-state index contributed by atoms with van der Waals surface area (Å²) in [6.07, 6.45) is 4.03. The van der Waals surface area contributed by atoms with Gasteiger partial charge in [0.2, 0.25) is 0 Å². The lowest BCUT2D eigenvalue weighted by molar-refractivity contribution is 0.0687. The van der Waals surface area contributed by atoms with E-state index in [2.05, 4.69) is 15.0 Å². The fourth-order valence-corrected chi connectivity index (χ4v) is 4.46. The number of rotatable bonds is 5. The predicted molar refractivity (Wildman–Crippen MR) is 119 cm³/mol. The van der Waals surface area contributed by atoms with Crippen molar-refractivity contribution >= 4 is 39.0 Å². The molecule has 2 amide bonds. The van der Waals surface area contributed by atoms with Gasteiger partial charge in [0, 0.05) is 30.1 Å². The van der Waals surface area contributed by atoms with E-state index in [4.69, 9.17) is 0 Å². The van der Waals surface area contributed by atoms with Crippen molar-refractivity contribution in [2.75, 3.05) is 31.8 Å². The van der Waals surface area contributed by atoms with Crippen LogP contribution in [-0.4, -0.2) is 69.1 Å². The van der Waals surface area contributed by atoms with Crippen molar-refractivity contribution in [1.29, 1.82) is 0 Å². The number of fused-ring (bicyclic) bond motifs is 1. The van der Waals surface area contributed by atoms with Crippen LogP contribution in [0.25, 0.3) is 21.3 Å². The van der Waals surface area contributed by atoms with Gasteiger partial charge in [-0.25, -0.2) is 19.7 Å². The quantitative estimate of drug-likeness (QED) is 0.609. The van der Waals surface area contributed by atoms with Crippen molar-refractivity contribution in [2.45, 2.75) is 26.4 Å². The third-order valence-corrected chi connectivity index (χ3v) is 6.22. The van der Waals surface area contributed by atoms with Crippen LogP contribution < -0.4 is 4.90 Å². The van der Waals surface area contributed by atoms with E-state index in [-0.39, 0.29) is 6.03 Å². The average Bonchev–Trinajstić information content (AvgIpc) is 3.17. The number of thiazole rings is 1. The Kier molecular flexibility index (Phi) is 5.46. The highest BCUT2D eigenvalue weighted by Crippen LogP contribution is 2.35. The summed E-state index contributed by atoms with van der Waals surface area (Å²) in [5.41, 5.74) is 1.44. The van der Waals surface area contributed by atoms with Gasteiger partial charge in [-0.15, -0.1) is 0 Å². The highest BCUT2D eigenvalue weighted by Gasteiger charge is 2.31. The molecule has 162 valence electrons. The number of aldehydes is 1. The number of benzene rings is 1. The highest BCUT2D eigenvalue weighted by molar-refractivity contribution is 7.22. The molecule has 1 aliphatic heterocycles. The molecule has 0 radical (unpaired) electrons. The molecule has 3 heterocycles. The molecule has 0 atom stereocenters. The van der Waals surface area contributed by atoms with E-state index >= 15 is 0 Å². The molecule has 1 aliphatic rings. The Labute approximate surface area is 184 Å². The van der Waals surface area contributed by atoms with Gasteiger partial charge in [0.15, 0.2) is 17.2 Å². The van der Waals surface area contributed by atoms with Crippen molar-refractivity contribution in [3.63, 3.8) is 0 Å². The van der Waals surface area contributed by atoms with Crippen LogP contribution in [0.5, 0.6) is 0 Å². The maximum atomic E-state index is 12.8. The smallest absolute Gasteiger partial charge is 0.328 e. The first-order valence-corrected chi connectivity index (χ1v) is 10.7. The first kappa shape index (κ1) is 21.3. The van der Waals surface area contributed by atoms with Crippen molar-refractivity contribution < 1.29 is 14.7 Å². The van der Waals surface area contributed by atoms with E-state index in [0.717, 1.165) is 16.5 Å². The van der Waals surface area contributed by atoms with E-state index < -0.39 is 5.60 Å². The minimum absolute atomic E-state index is 0.0943. The van der Waals surface area contributed by atoms with Crippen molar-refractivity contribution in [1.82, 2.24) is 24.8 Å². The molecule has 0 saturated carbocycles. The zero-order valence-corrected chi connectivity index (χ0v) is 18.7. The fourth-order valence-electron chi connectivity index (χ4n) is 3.46. The van der Waals surface area contributed by atoms with E-state index in [9.17, 15) is 14.7 Å². The maximum Gasteiger partial charge on any atom is 0.328 e. The van der Waals surface area contributed by atoms with Crippen LogP contribution in [0.4, 0.5) is 9.93 Å². The number of aliphatic hydroxyl groups is 1. The minimum atomic E-state index is -1.14. The molecule has 4 rings (SSSR count). The van der Waals surface area contributed by atoms with Crippen molar-refractivity contribution in [3.8, 4) is 11.1 Å². The second kappa shape index (κ2) is 7.95. The molecule has 9 nitrogen and oxygen atoms in total. The molecule has 1 N–H and O–H groups in total. The van der Waals surface area contributed by atoms with Gasteiger partial charge < -0.3 is 10.0 Å². The van der Waals surface area contributed by atoms with Crippen LogP contribution >= 0.6 is 11.3 Å². The van der Waals surface area contributed by atoms with Crippen LogP contribution in [0.15, 0.2) is 24.5 Å². The molecule has 0 aliphatic carbocycles. The summed E-state index contributed by atoms with van der Waals surface area (Å²) < 4.78 is 0.729. The van der Waals surface area contributed by atoms with Gasteiger partial charge >= 0.3 is 6.03 Å². The lowest BCUT2D eigenvalue weighted by Gasteiger charge is -2.38. The molecule has 3 aromatic rings. The van der Waals surface area contributed by atoms with E-state index in [1.165, 1.54) is 11.3 Å². The Morgan fingerprint density at radius 1 is 1.19 bits per heavy atom. The van der Waals surface area contributed by atoms with Crippen LogP contribution in [0.3, 0.4) is 0 Å². The summed E-state index contributed by atoms with van der Waals surface area (Å²) in [7, 11) is 1.95. The fraction of sp³-hybridized carbons (Fsp3) is 0.381. The Hall–Kier alpha value is -2.95. The van der Waals surface area contributed by atoms with Crippen LogP contribution in [0.2, 0.25) is 0 Å². The molecular weight excluding hydrogens is 416 g/mol. The normalized spacial score (nSPS) is 15.7. The predicted octanol–water partition coefficient (Wildman–Crippen LogP) is 2.90. The summed E-state index contributed by atoms with van der Waals surface area (Å²) in [6.45, 7) is 6.79. The van der Waals surface area contributed by atoms with Gasteiger partial charge in [0.1, 0.15) is 5.60 Å². The Morgan fingerprint density at radius 2 is 1.90 bits per heavy atom. The SMILES string of the molecule is CCN1CN(C)CN(c2nc3cc(-c4cnc(C(C)(C)O)nc4)cc(C=O)c3s2)C1=O. The molecule has 0 unspecified atom stereocenters. The minimum Gasteiger partial charge on any atom is -0.382 e. The summed E-state index contributed by atoms with van der Waals surface area (Å²) in [4.78, 5) is 43.2. The second-order valence-electron chi connectivity index (χ2n) is 8.09. The summed E-state index contributed by atoms with van der Waals surface area (Å²) in [5, 5.41) is 10.6. The Bertz CT molecular complexity index is 1140. The van der Waals surface area contributed by atoms with Gasteiger partial charge in [0.25, 0.3) is 0 Å². The third-order valence-electron chi connectivity index (χ3n) is 5.08. The van der Waals surface area contributed by atoms with E-state index in [1.54, 1.807) is 42.1 Å². The summed E-state index contributed by atoms with van der Waals surface area (Å²) >= 11 is 1.33. The molecule has 2 aromatic heterocycles. The molecular formula is C21H24N6O3S. The zero-order chi connectivity index (χ0) is 22.3. The van der Waals surface area contributed by atoms with Gasteiger partial charge in [-0.3, -0.25) is 14.6 Å². The number of urea groups is 1. The topological polar surface area (TPSA) is 103 Å². The standard InChI is InChI=1S/C21H24N6O3S/c1-5-26-11-25(4)12-27(20(26)29)19-24-16-7-13(6-14(10-28)17(16)31-19)15-8-22-18(23-9-15)21(2,3)30/h6-10,30H,5,11-12H2,1-4H3. The van der Waals surface area contributed by atoms with Crippen LogP contribution in [0.1, 0.15) is 37.0 Å². The van der Waals surface area contributed by atoms with Gasteiger partial charge in [-0.2, -0.15) is 0 Å². The molecule has 1 fully saturated rings. The second-order valence-corrected chi connectivity index (χ2v) is 9.07. The molecule has 0 bridgehead atoms. The number of carbonyl (C=O) groups excluding carboxylic acids is 2. The highest BCUT2D eigenvalue weighted by atomic mass is 32.1. The van der Waals surface area contributed by atoms with E-state index in [1.807, 2.05) is 24.9 Å². The summed E-state index contributed by atoms with van der Waals surface area (Å²) in [6, 6.07) is 3.53. The first-order valence-electron chi connectivity index (χ1n) is 9.91. The lowest BCUT2D eigenvalue weighted by Crippen LogP contribution is -2.56. The number of nitrogens with zero attached hydrogens (tertiary/aromatic N) is 6. The van der Waals surface area contributed by atoms with Crippen LogP contribution in [-0.2, 0) is 5.60 Å². The summed E-state index contributed by atoms with van der Waals surface area (Å²) in [5.74, 6) is 0.317. The van der Waals surface area contributed by atoms with E-state index in [0.29, 0.717) is 47.5 Å². The number of carbonyl (C=O) groups is 2. The number of anilines is 1. The molecule has 10 heteroatoms. The zero-order valence-electron chi connectivity index (χ0n) is 17.9. The van der Waals surface area contributed by atoms with Gasteiger partial charge in [-0.05, 0) is 45.5 Å². The lowest BCUT2D eigenvalue weighted by atomic mass is 10.0.